The van der Waals surface area contributed by atoms with Crippen molar-refractivity contribution in [1.29, 1.82) is 0 Å². The number of carbonyl (C=O) groups excluding carboxylic acids is 2. The quantitative estimate of drug-likeness (QED) is 0.725. The fraction of sp³-hybridized carbons (Fsp3) is 0.273. The smallest absolute Gasteiger partial charge is 0.290 e. The van der Waals surface area contributed by atoms with E-state index in [4.69, 9.17) is 15.2 Å². The molecule has 6 nitrogen and oxygen atoms in total. The topological polar surface area (TPSA) is 90.7 Å². The van der Waals surface area contributed by atoms with Gasteiger partial charge in [0, 0.05) is 13.0 Å². The Morgan fingerprint density at radius 3 is 2.61 bits per heavy atom. The Bertz CT molecular complexity index is 837. The monoisotopic (exact) mass is 380 g/mol. The highest BCUT2D eigenvalue weighted by atomic mass is 16.5. The summed E-state index contributed by atoms with van der Waals surface area (Å²) in [5, 5.41) is 2.80. The lowest BCUT2D eigenvalue weighted by atomic mass is 9.92. The van der Waals surface area contributed by atoms with Gasteiger partial charge in [-0.1, -0.05) is 48.6 Å². The molecule has 2 aliphatic rings. The fourth-order valence-corrected chi connectivity index (χ4v) is 3.16. The molecule has 1 aliphatic heterocycles. The van der Waals surface area contributed by atoms with Crippen molar-refractivity contribution in [1.82, 2.24) is 5.32 Å². The zero-order chi connectivity index (χ0) is 19.8. The van der Waals surface area contributed by atoms with Crippen molar-refractivity contribution in [2.24, 2.45) is 5.73 Å². The van der Waals surface area contributed by atoms with Crippen LogP contribution in [0.4, 0.5) is 0 Å². The zero-order valence-electron chi connectivity index (χ0n) is 15.6. The van der Waals surface area contributed by atoms with E-state index in [0.29, 0.717) is 18.7 Å². The predicted molar refractivity (Wildman–Crippen MR) is 105 cm³/mol. The highest BCUT2D eigenvalue weighted by Gasteiger charge is 2.19. The first-order valence-corrected chi connectivity index (χ1v) is 9.34. The average molecular weight is 380 g/mol. The van der Waals surface area contributed by atoms with E-state index in [1.54, 1.807) is 0 Å². The van der Waals surface area contributed by atoms with Gasteiger partial charge in [0.25, 0.3) is 5.91 Å². The van der Waals surface area contributed by atoms with E-state index >= 15 is 0 Å². The van der Waals surface area contributed by atoms with Crippen LogP contribution in [0.2, 0.25) is 0 Å². The Labute approximate surface area is 164 Å². The molecular formula is C22H24N2O4. The van der Waals surface area contributed by atoms with E-state index < -0.39 is 0 Å². The molecule has 0 radical (unpaired) electrons. The van der Waals surface area contributed by atoms with Crippen molar-refractivity contribution >= 4 is 11.8 Å². The van der Waals surface area contributed by atoms with E-state index in [2.05, 4.69) is 11.4 Å². The van der Waals surface area contributed by atoms with E-state index in [0.717, 1.165) is 24.0 Å². The van der Waals surface area contributed by atoms with Gasteiger partial charge in [-0.2, -0.15) is 0 Å². The van der Waals surface area contributed by atoms with Crippen LogP contribution in [0.5, 0.6) is 0 Å². The van der Waals surface area contributed by atoms with Gasteiger partial charge in [-0.3, -0.25) is 9.59 Å². The van der Waals surface area contributed by atoms with Crippen LogP contribution in [0, 0.1) is 0 Å². The molecule has 1 heterocycles. The van der Waals surface area contributed by atoms with Gasteiger partial charge in [0.15, 0.2) is 5.76 Å². The number of amides is 2. The first-order valence-electron chi connectivity index (χ1n) is 9.34. The third-order valence-corrected chi connectivity index (χ3v) is 4.64. The van der Waals surface area contributed by atoms with Gasteiger partial charge in [0.1, 0.15) is 12.5 Å². The molecule has 6 heteroatoms. The number of rotatable bonds is 8. The molecule has 0 spiro atoms. The summed E-state index contributed by atoms with van der Waals surface area (Å²) in [7, 11) is 0. The van der Waals surface area contributed by atoms with E-state index in [1.807, 2.05) is 42.5 Å². The van der Waals surface area contributed by atoms with Gasteiger partial charge < -0.3 is 20.5 Å². The molecule has 1 aromatic rings. The number of hydrogen-bond donors (Lipinski definition) is 2. The Hall–Kier alpha value is -3.28. The molecule has 28 heavy (non-hydrogen) atoms. The summed E-state index contributed by atoms with van der Waals surface area (Å²) in [6.07, 6.45) is 11.5. The summed E-state index contributed by atoms with van der Waals surface area (Å²) in [5.41, 5.74) is 7.43. The molecule has 2 amide bonds. The van der Waals surface area contributed by atoms with Crippen molar-refractivity contribution in [3.8, 4) is 0 Å². The molecule has 3 N–H and O–H groups in total. The second-order valence-corrected chi connectivity index (χ2v) is 6.68. The van der Waals surface area contributed by atoms with E-state index in [9.17, 15) is 9.59 Å². The minimum Gasteiger partial charge on any atom is -0.457 e. The normalized spacial score (nSPS) is 16.6. The summed E-state index contributed by atoms with van der Waals surface area (Å²) in [6.45, 7) is 0.388. The number of hydrogen-bond acceptors (Lipinski definition) is 4. The first kappa shape index (κ1) is 19.5. The maximum Gasteiger partial charge on any atom is 0.290 e. The van der Waals surface area contributed by atoms with Crippen molar-refractivity contribution in [2.75, 3.05) is 6.54 Å². The molecule has 0 saturated heterocycles. The van der Waals surface area contributed by atoms with E-state index in [1.165, 1.54) is 12.5 Å². The lowest BCUT2D eigenvalue weighted by molar-refractivity contribution is -0.120. The molecule has 0 aromatic heterocycles. The highest BCUT2D eigenvalue weighted by molar-refractivity contribution is 5.91. The molecule has 0 fully saturated rings. The second-order valence-electron chi connectivity index (χ2n) is 6.68. The minimum absolute atomic E-state index is 0.0469. The highest BCUT2D eigenvalue weighted by Crippen LogP contribution is 2.25. The van der Waals surface area contributed by atoms with Crippen molar-refractivity contribution < 1.29 is 19.1 Å². The summed E-state index contributed by atoms with van der Waals surface area (Å²) in [6, 6.07) is 9.67. The summed E-state index contributed by atoms with van der Waals surface area (Å²) in [5.74, 6) is -0.0576. The number of nitrogens with two attached hydrogens (primary N) is 1. The van der Waals surface area contributed by atoms with Crippen LogP contribution >= 0.6 is 0 Å². The lowest BCUT2D eigenvalue weighted by Gasteiger charge is -2.19. The van der Waals surface area contributed by atoms with Crippen LogP contribution in [0.25, 0.3) is 0 Å². The third-order valence-electron chi connectivity index (χ3n) is 4.64. The van der Waals surface area contributed by atoms with Crippen LogP contribution in [0.3, 0.4) is 0 Å². The van der Waals surface area contributed by atoms with Gasteiger partial charge in [-0.15, -0.1) is 0 Å². The molecule has 1 aliphatic carbocycles. The Kier molecular flexibility index (Phi) is 6.68. The average Bonchev–Trinajstić information content (AvgIpc) is 2.74. The van der Waals surface area contributed by atoms with Gasteiger partial charge >= 0.3 is 0 Å². The fourth-order valence-electron chi connectivity index (χ4n) is 3.16. The van der Waals surface area contributed by atoms with Gasteiger partial charge in [-0.05, 0) is 36.3 Å². The molecule has 1 atom stereocenters. The molecule has 0 saturated carbocycles. The summed E-state index contributed by atoms with van der Waals surface area (Å²) >= 11 is 0. The van der Waals surface area contributed by atoms with Gasteiger partial charge in [-0.25, -0.2) is 0 Å². The Morgan fingerprint density at radius 1 is 1.14 bits per heavy atom. The van der Waals surface area contributed by atoms with Crippen LogP contribution in [0.15, 0.2) is 78.2 Å². The zero-order valence-corrected chi connectivity index (χ0v) is 15.6. The van der Waals surface area contributed by atoms with E-state index in [-0.39, 0.29) is 29.9 Å². The minimum atomic E-state index is -0.364. The number of primary amides is 1. The van der Waals surface area contributed by atoms with Crippen molar-refractivity contribution in [3.63, 3.8) is 0 Å². The van der Waals surface area contributed by atoms with Crippen LogP contribution in [-0.4, -0.2) is 18.4 Å². The van der Waals surface area contributed by atoms with Crippen LogP contribution < -0.4 is 11.1 Å². The van der Waals surface area contributed by atoms with Crippen molar-refractivity contribution in [3.05, 3.63) is 83.7 Å². The van der Waals surface area contributed by atoms with Gasteiger partial charge in [0.05, 0.1) is 0 Å². The molecular weight excluding hydrogens is 356 g/mol. The Balaban J connectivity index is 1.50. The Morgan fingerprint density at radius 2 is 1.96 bits per heavy atom. The molecule has 1 unspecified atom stereocenters. The standard InChI is InChI=1S/C22H24N2O4/c23-21(25)13-18(16-7-3-1-4-8-16)11-12-24-22(26)20-15-27-19(14-28-20)17-9-5-2-6-10-17/h1-5,7-9,14-15,18H,6,10-13H2,(H2,23,25)(H,24,26). The predicted octanol–water partition coefficient (Wildman–Crippen LogP) is 3.16. The number of ether oxygens (including phenoxy) is 2. The number of allylic oxidation sites excluding steroid dienone is 4. The molecule has 3 rings (SSSR count). The SMILES string of the molecule is NC(=O)CC(CCNC(=O)C1=COC(C2=CC=CCC2)=CO1)c1ccccc1. The molecule has 146 valence electrons. The second kappa shape index (κ2) is 9.60. The summed E-state index contributed by atoms with van der Waals surface area (Å²) in [4.78, 5) is 23.7. The number of benzene rings is 1. The third kappa shape index (κ3) is 5.36. The number of nitrogens with one attached hydrogen (secondary N) is 1. The van der Waals surface area contributed by atoms with Crippen LogP contribution in [-0.2, 0) is 19.1 Å². The van der Waals surface area contributed by atoms with Gasteiger partial charge in [0.2, 0.25) is 11.7 Å². The molecule has 1 aromatic carbocycles. The maximum atomic E-state index is 12.3. The molecule has 0 bridgehead atoms. The van der Waals surface area contributed by atoms with Crippen molar-refractivity contribution in [2.45, 2.75) is 31.6 Å². The first-order chi connectivity index (χ1) is 13.6. The number of carbonyl (C=O) groups is 2. The lowest BCUT2D eigenvalue weighted by Crippen LogP contribution is -2.29. The maximum absolute atomic E-state index is 12.3. The largest absolute Gasteiger partial charge is 0.457 e. The van der Waals surface area contributed by atoms with Crippen LogP contribution in [0.1, 0.15) is 37.2 Å². The summed E-state index contributed by atoms with van der Waals surface area (Å²) < 4.78 is 11.0.